The lowest BCUT2D eigenvalue weighted by Crippen LogP contribution is -2.17. The number of aromatic amines is 1. The van der Waals surface area contributed by atoms with Crippen molar-refractivity contribution in [1.29, 1.82) is 0 Å². The lowest BCUT2D eigenvalue weighted by atomic mass is 10.1. The lowest BCUT2D eigenvalue weighted by Gasteiger charge is -2.12. The Morgan fingerprint density at radius 3 is 2.94 bits per heavy atom. The lowest BCUT2D eigenvalue weighted by molar-refractivity contribution is 0.373. The molecule has 0 aliphatic heterocycles. The van der Waals surface area contributed by atoms with E-state index < -0.39 is 0 Å². The van der Waals surface area contributed by atoms with Crippen LogP contribution in [0.2, 0.25) is 0 Å². The molecule has 1 unspecified atom stereocenters. The molecule has 18 heavy (non-hydrogen) atoms. The fourth-order valence-corrected chi connectivity index (χ4v) is 1.73. The van der Waals surface area contributed by atoms with E-state index in [9.17, 15) is 5.11 Å². The van der Waals surface area contributed by atoms with Crippen LogP contribution < -0.4 is 10.1 Å². The highest BCUT2D eigenvalue weighted by Gasteiger charge is 2.07. The molecule has 1 heterocycles. The zero-order valence-corrected chi connectivity index (χ0v) is 10.5. The molecule has 5 heteroatoms. The molecular formula is C13H17N3O2. The normalized spacial score (nSPS) is 12.3. The number of aromatic hydroxyl groups is 1. The van der Waals surface area contributed by atoms with Gasteiger partial charge in [0.15, 0.2) is 11.5 Å². The molecule has 3 N–H and O–H groups in total. The van der Waals surface area contributed by atoms with E-state index in [-0.39, 0.29) is 11.8 Å². The van der Waals surface area contributed by atoms with E-state index in [0.717, 1.165) is 11.1 Å². The van der Waals surface area contributed by atoms with Crippen molar-refractivity contribution < 1.29 is 9.84 Å². The van der Waals surface area contributed by atoms with Gasteiger partial charge in [-0.05, 0) is 24.6 Å². The summed E-state index contributed by atoms with van der Waals surface area (Å²) in [5, 5.41) is 19.7. The van der Waals surface area contributed by atoms with Crippen LogP contribution in [0, 0.1) is 0 Å². The number of ether oxygens (including phenoxy) is 1. The Kier molecular flexibility index (Phi) is 3.84. The molecule has 0 aliphatic carbocycles. The monoisotopic (exact) mass is 247 g/mol. The van der Waals surface area contributed by atoms with Crippen LogP contribution in [-0.2, 0) is 6.54 Å². The average Bonchev–Trinajstić information content (AvgIpc) is 2.90. The molecule has 1 aromatic heterocycles. The van der Waals surface area contributed by atoms with Crippen molar-refractivity contribution in [2.45, 2.75) is 19.5 Å². The summed E-state index contributed by atoms with van der Waals surface area (Å²) in [6, 6.07) is 5.59. The third-order valence-electron chi connectivity index (χ3n) is 2.88. The Bertz CT molecular complexity index is 497. The SMILES string of the molecule is COc1ccc(CNC(C)c2cn[nH]c2)cc1O. The van der Waals surface area contributed by atoms with Gasteiger partial charge >= 0.3 is 0 Å². The van der Waals surface area contributed by atoms with Gasteiger partial charge in [0.05, 0.1) is 13.3 Å². The highest BCUT2D eigenvalue weighted by atomic mass is 16.5. The molecule has 0 aliphatic rings. The quantitative estimate of drug-likeness (QED) is 0.755. The minimum absolute atomic E-state index is 0.160. The van der Waals surface area contributed by atoms with Crippen molar-refractivity contribution in [3.63, 3.8) is 0 Å². The summed E-state index contributed by atoms with van der Waals surface area (Å²) in [6.07, 6.45) is 3.66. The summed E-state index contributed by atoms with van der Waals surface area (Å²) in [7, 11) is 1.54. The van der Waals surface area contributed by atoms with Gasteiger partial charge in [-0.3, -0.25) is 5.10 Å². The van der Waals surface area contributed by atoms with Gasteiger partial charge in [-0.15, -0.1) is 0 Å². The van der Waals surface area contributed by atoms with Crippen molar-refractivity contribution >= 4 is 0 Å². The molecule has 0 saturated heterocycles. The zero-order chi connectivity index (χ0) is 13.0. The molecule has 1 atom stereocenters. The number of nitrogens with one attached hydrogen (secondary N) is 2. The van der Waals surface area contributed by atoms with Gasteiger partial charge in [0.25, 0.3) is 0 Å². The molecule has 5 nitrogen and oxygen atoms in total. The summed E-state index contributed by atoms with van der Waals surface area (Å²) in [5.41, 5.74) is 2.11. The Labute approximate surface area is 106 Å². The van der Waals surface area contributed by atoms with Gasteiger partial charge < -0.3 is 15.2 Å². The van der Waals surface area contributed by atoms with E-state index in [1.54, 1.807) is 18.3 Å². The predicted octanol–water partition coefficient (Wildman–Crippen LogP) is 1.97. The zero-order valence-electron chi connectivity index (χ0n) is 10.5. The van der Waals surface area contributed by atoms with Crippen molar-refractivity contribution in [3.8, 4) is 11.5 Å². The van der Waals surface area contributed by atoms with E-state index >= 15 is 0 Å². The predicted molar refractivity (Wildman–Crippen MR) is 68.5 cm³/mol. The summed E-state index contributed by atoms with van der Waals surface area (Å²) in [5.74, 6) is 0.648. The van der Waals surface area contributed by atoms with Crippen LogP contribution in [-0.4, -0.2) is 22.4 Å². The summed E-state index contributed by atoms with van der Waals surface area (Å²) in [4.78, 5) is 0. The fraction of sp³-hybridized carbons (Fsp3) is 0.308. The van der Waals surface area contributed by atoms with E-state index in [4.69, 9.17) is 4.74 Å². The van der Waals surface area contributed by atoms with Crippen molar-refractivity contribution in [1.82, 2.24) is 15.5 Å². The molecule has 0 saturated carbocycles. The van der Waals surface area contributed by atoms with Crippen LogP contribution in [0.5, 0.6) is 11.5 Å². The molecule has 0 radical (unpaired) electrons. The standard InChI is InChI=1S/C13H17N3O2/c1-9(11-7-15-16-8-11)14-6-10-3-4-13(18-2)12(17)5-10/h3-5,7-9,14,17H,6H2,1-2H3,(H,15,16). The van der Waals surface area contributed by atoms with E-state index in [0.29, 0.717) is 12.3 Å². The minimum Gasteiger partial charge on any atom is -0.504 e. The molecule has 2 rings (SSSR count). The number of H-pyrrole nitrogens is 1. The van der Waals surface area contributed by atoms with E-state index in [2.05, 4.69) is 22.4 Å². The second kappa shape index (κ2) is 5.55. The number of phenols is 1. The number of methoxy groups -OCH3 is 1. The molecular weight excluding hydrogens is 230 g/mol. The number of rotatable bonds is 5. The van der Waals surface area contributed by atoms with Crippen LogP contribution in [0.25, 0.3) is 0 Å². The van der Waals surface area contributed by atoms with Crippen LogP contribution in [0.15, 0.2) is 30.6 Å². The highest BCUT2D eigenvalue weighted by molar-refractivity contribution is 5.41. The third kappa shape index (κ3) is 2.81. The molecule has 2 aromatic rings. The maximum absolute atomic E-state index is 9.67. The number of nitrogens with zero attached hydrogens (tertiary/aromatic N) is 1. The van der Waals surface area contributed by atoms with Crippen molar-refractivity contribution in [2.24, 2.45) is 0 Å². The summed E-state index contributed by atoms with van der Waals surface area (Å²) < 4.78 is 5.00. The van der Waals surface area contributed by atoms with Gasteiger partial charge in [0.2, 0.25) is 0 Å². The van der Waals surface area contributed by atoms with Gasteiger partial charge in [-0.2, -0.15) is 5.10 Å². The number of phenolic OH excluding ortho intramolecular Hbond substituents is 1. The molecule has 0 bridgehead atoms. The average molecular weight is 247 g/mol. The first-order valence-electron chi connectivity index (χ1n) is 5.78. The molecule has 0 fully saturated rings. The number of hydrogen-bond donors (Lipinski definition) is 3. The molecule has 96 valence electrons. The highest BCUT2D eigenvalue weighted by Crippen LogP contribution is 2.26. The van der Waals surface area contributed by atoms with E-state index in [1.165, 1.54) is 7.11 Å². The first-order valence-corrected chi connectivity index (χ1v) is 5.78. The number of aromatic nitrogens is 2. The Morgan fingerprint density at radius 2 is 2.33 bits per heavy atom. The fourth-order valence-electron chi connectivity index (χ4n) is 1.73. The first-order chi connectivity index (χ1) is 8.70. The Morgan fingerprint density at radius 1 is 1.50 bits per heavy atom. The topological polar surface area (TPSA) is 70.2 Å². The summed E-state index contributed by atoms with van der Waals surface area (Å²) in [6.45, 7) is 2.73. The van der Waals surface area contributed by atoms with Crippen LogP contribution in [0.3, 0.4) is 0 Å². The molecule has 1 aromatic carbocycles. The molecule has 0 amide bonds. The van der Waals surface area contributed by atoms with Crippen molar-refractivity contribution in [3.05, 3.63) is 41.7 Å². The van der Waals surface area contributed by atoms with Crippen molar-refractivity contribution in [2.75, 3.05) is 7.11 Å². The second-order valence-electron chi connectivity index (χ2n) is 4.14. The van der Waals surface area contributed by atoms with Crippen LogP contribution >= 0.6 is 0 Å². The van der Waals surface area contributed by atoms with Crippen LogP contribution in [0.4, 0.5) is 0 Å². The summed E-state index contributed by atoms with van der Waals surface area (Å²) >= 11 is 0. The first kappa shape index (κ1) is 12.4. The van der Waals surface area contributed by atoms with Crippen LogP contribution in [0.1, 0.15) is 24.1 Å². The Balaban J connectivity index is 1.96. The number of benzene rings is 1. The number of hydrogen-bond acceptors (Lipinski definition) is 4. The maximum atomic E-state index is 9.67. The third-order valence-corrected chi connectivity index (χ3v) is 2.88. The maximum Gasteiger partial charge on any atom is 0.160 e. The largest absolute Gasteiger partial charge is 0.504 e. The van der Waals surface area contributed by atoms with Gasteiger partial charge in [-0.25, -0.2) is 0 Å². The smallest absolute Gasteiger partial charge is 0.160 e. The van der Waals surface area contributed by atoms with Gasteiger partial charge in [-0.1, -0.05) is 6.07 Å². The van der Waals surface area contributed by atoms with Gasteiger partial charge in [0, 0.05) is 24.3 Å². The second-order valence-corrected chi connectivity index (χ2v) is 4.14. The minimum atomic E-state index is 0.160. The molecule has 0 spiro atoms. The Hall–Kier alpha value is -2.01. The van der Waals surface area contributed by atoms with Gasteiger partial charge in [0.1, 0.15) is 0 Å². The van der Waals surface area contributed by atoms with E-state index in [1.807, 2.05) is 12.3 Å².